The standard InChI is InChI=1S/C20H25N3O3/c1-13-11-20(2,3)23(4)16-10-18(25-5)14(9-15(13)16)12-21-22-19(24)17-7-6-8-26-17/h6-10,12-13H,11H2,1-5H3,(H,22,24)/b21-12+. The molecule has 1 N–H and O–H groups in total. The van der Waals surface area contributed by atoms with Crippen molar-refractivity contribution in [3.63, 3.8) is 0 Å². The number of ether oxygens (including phenoxy) is 1. The van der Waals surface area contributed by atoms with Crippen molar-refractivity contribution in [3.05, 3.63) is 47.4 Å². The van der Waals surface area contributed by atoms with Gasteiger partial charge in [-0.2, -0.15) is 5.10 Å². The van der Waals surface area contributed by atoms with E-state index in [2.05, 4.69) is 49.3 Å². The molecular formula is C20H25N3O3. The summed E-state index contributed by atoms with van der Waals surface area (Å²) >= 11 is 0. The van der Waals surface area contributed by atoms with Crippen LogP contribution in [0.25, 0.3) is 0 Å². The van der Waals surface area contributed by atoms with Gasteiger partial charge < -0.3 is 14.1 Å². The molecule has 0 bridgehead atoms. The Morgan fingerprint density at radius 3 is 2.88 bits per heavy atom. The summed E-state index contributed by atoms with van der Waals surface area (Å²) in [6.45, 7) is 6.73. The van der Waals surface area contributed by atoms with E-state index in [4.69, 9.17) is 9.15 Å². The quantitative estimate of drug-likeness (QED) is 0.670. The van der Waals surface area contributed by atoms with Gasteiger partial charge in [0.1, 0.15) is 5.75 Å². The number of furan rings is 1. The van der Waals surface area contributed by atoms with Crippen molar-refractivity contribution in [2.75, 3.05) is 19.1 Å². The summed E-state index contributed by atoms with van der Waals surface area (Å²) in [6, 6.07) is 7.38. The predicted molar refractivity (Wildman–Crippen MR) is 102 cm³/mol. The van der Waals surface area contributed by atoms with Gasteiger partial charge in [0.15, 0.2) is 5.76 Å². The summed E-state index contributed by atoms with van der Waals surface area (Å²) in [5.74, 6) is 0.971. The molecule has 1 unspecified atom stereocenters. The molecule has 1 amide bonds. The van der Waals surface area contributed by atoms with Crippen LogP contribution >= 0.6 is 0 Å². The molecule has 26 heavy (non-hydrogen) atoms. The van der Waals surface area contributed by atoms with Crippen LogP contribution in [-0.4, -0.2) is 31.8 Å². The van der Waals surface area contributed by atoms with Gasteiger partial charge in [-0.15, -0.1) is 0 Å². The number of benzene rings is 1. The second-order valence-corrected chi connectivity index (χ2v) is 7.31. The molecule has 2 heterocycles. The molecule has 1 aliphatic heterocycles. The summed E-state index contributed by atoms with van der Waals surface area (Å²) in [5, 5.41) is 4.05. The molecule has 0 saturated carbocycles. The van der Waals surface area contributed by atoms with E-state index in [1.54, 1.807) is 25.5 Å². The number of hydrogen-bond donors (Lipinski definition) is 1. The van der Waals surface area contributed by atoms with E-state index in [9.17, 15) is 4.79 Å². The number of hydrogen-bond acceptors (Lipinski definition) is 5. The third-order valence-corrected chi connectivity index (χ3v) is 5.10. The molecule has 138 valence electrons. The smallest absolute Gasteiger partial charge is 0.307 e. The molecule has 0 spiro atoms. The average Bonchev–Trinajstić information content (AvgIpc) is 3.13. The van der Waals surface area contributed by atoms with Crippen molar-refractivity contribution in [1.29, 1.82) is 0 Å². The topological polar surface area (TPSA) is 67.1 Å². The third-order valence-electron chi connectivity index (χ3n) is 5.10. The van der Waals surface area contributed by atoms with Crippen LogP contribution in [0.3, 0.4) is 0 Å². The number of carbonyl (C=O) groups excluding carboxylic acids is 1. The number of hydrazone groups is 1. The third kappa shape index (κ3) is 3.31. The number of rotatable bonds is 4. The van der Waals surface area contributed by atoms with Crippen LogP contribution < -0.4 is 15.1 Å². The minimum atomic E-state index is -0.391. The normalized spacial score (nSPS) is 18.7. The Labute approximate surface area is 153 Å². The number of nitrogens with one attached hydrogen (secondary N) is 1. The molecule has 1 aromatic carbocycles. The van der Waals surface area contributed by atoms with Crippen LogP contribution in [0.2, 0.25) is 0 Å². The highest BCUT2D eigenvalue weighted by Gasteiger charge is 2.34. The maximum absolute atomic E-state index is 11.9. The van der Waals surface area contributed by atoms with Crippen molar-refractivity contribution in [2.24, 2.45) is 5.10 Å². The highest BCUT2D eigenvalue weighted by atomic mass is 16.5. The fourth-order valence-electron chi connectivity index (χ4n) is 3.51. The van der Waals surface area contributed by atoms with Crippen LogP contribution in [0.1, 0.15) is 54.8 Å². The van der Waals surface area contributed by atoms with Crippen molar-refractivity contribution in [1.82, 2.24) is 5.43 Å². The van der Waals surface area contributed by atoms with Gasteiger partial charge in [-0.25, -0.2) is 5.43 Å². The number of fused-ring (bicyclic) bond motifs is 1. The summed E-state index contributed by atoms with van der Waals surface area (Å²) in [7, 11) is 3.75. The Kier molecular flexibility index (Phi) is 4.76. The molecule has 1 aliphatic rings. The minimum absolute atomic E-state index is 0.0874. The zero-order valence-corrected chi connectivity index (χ0v) is 15.9. The predicted octanol–water partition coefficient (Wildman–Crippen LogP) is 3.77. The van der Waals surface area contributed by atoms with E-state index >= 15 is 0 Å². The summed E-state index contributed by atoms with van der Waals surface area (Å²) < 4.78 is 10.6. The molecule has 2 aromatic rings. The molecule has 1 atom stereocenters. The first-order chi connectivity index (χ1) is 12.3. The number of nitrogens with zero attached hydrogens (tertiary/aromatic N) is 2. The fraction of sp³-hybridized carbons (Fsp3) is 0.400. The Morgan fingerprint density at radius 1 is 1.46 bits per heavy atom. The number of carbonyl (C=O) groups is 1. The monoisotopic (exact) mass is 355 g/mol. The first-order valence-electron chi connectivity index (χ1n) is 8.66. The molecular weight excluding hydrogens is 330 g/mol. The Bertz CT molecular complexity index is 825. The summed E-state index contributed by atoms with van der Waals surface area (Å²) in [6.07, 6.45) is 4.12. The van der Waals surface area contributed by atoms with Crippen LogP contribution in [0.5, 0.6) is 5.75 Å². The Hall–Kier alpha value is -2.76. The van der Waals surface area contributed by atoms with Crippen molar-refractivity contribution < 1.29 is 13.9 Å². The van der Waals surface area contributed by atoms with E-state index < -0.39 is 5.91 Å². The van der Waals surface area contributed by atoms with Gasteiger partial charge in [-0.3, -0.25) is 4.79 Å². The van der Waals surface area contributed by atoms with Gasteiger partial charge in [0.05, 0.1) is 19.6 Å². The summed E-state index contributed by atoms with van der Waals surface area (Å²) in [5.41, 5.74) is 5.81. The molecule has 0 aliphatic carbocycles. The van der Waals surface area contributed by atoms with E-state index in [1.807, 2.05) is 6.07 Å². The van der Waals surface area contributed by atoms with Gasteiger partial charge in [0.2, 0.25) is 0 Å². The molecule has 6 heteroatoms. The molecule has 0 saturated heterocycles. The van der Waals surface area contributed by atoms with Gasteiger partial charge in [-0.1, -0.05) is 6.92 Å². The molecule has 0 fully saturated rings. The van der Waals surface area contributed by atoms with Crippen molar-refractivity contribution in [2.45, 2.75) is 38.6 Å². The largest absolute Gasteiger partial charge is 0.496 e. The second kappa shape index (κ2) is 6.86. The lowest BCUT2D eigenvalue weighted by Gasteiger charge is -2.45. The molecule has 3 rings (SSSR count). The zero-order chi connectivity index (χ0) is 18.9. The van der Waals surface area contributed by atoms with Crippen molar-refractivity contribution in [3.8, 4) is 5.75 Å². The van der Waals surface area contributed by atoms with Crippen LogP contribution in [0.4, 0.5) is 5.69 Å². The van der Waals surface area contributed by atoms with Crippen LogP contribution in [0.15, 0.2) is 40.0 Å². The highest BCUT2D eigenvalue weighted by Crippen LogP contribution is 2.44. The lowest BCUT2D eigenvalue weighted by molar-refractivity contribution is 0.0927. The highest BCUT2D eigenvalue weighted by molar-refractivity contribution is 5.93. The zero-order valence-electron chi connectivity index (χ0n) is 15.9. The number of amides is 1. The molecule has 0 radical (unpaired) electrons. The first kappa shape index (κ1) is 18.0. The van der Waals surface area contributed by atoms with Crippen LogP contribution in [0, 0.1) is 0 Å². The lowest BCUT2D eigenvalue weighted by Crippen LogP contribution is -2.45. The second-order valence-electron chi connectivity index (χ2n) is 7.31. The van der Waals surface area contributed by atoms with E-state index in [-0.39, 0.29) is 11.3 Å². The minimum Gasteiger partial charge on any atom is -0.496 e. The Morgan fingerprint density at radius 2 is 2.23 bits per heavy atom. The summed E-state index contributed by atoms with van der Waals surface area (Å²) in [4.78, 5) is 14.2. The molecule has 1 aromatic heterocycles. The van der Waals surface area contributed by atoms with E-state index in [1.165, 1.54) is 17.5 Å². The average molecular weight is 355 g/mol. The van der Waals surface area contributed by atoms with E-state index in [0.29, 0.717) is 5.92 Å². The number of methoxy groups -OCH3 is 1. The van der Waals surface area contributed by atoms with Gasteiger partial charge in [0, 0.05) is 29.9 Å². The first-order valence-corrected chi connectivity index (χ1v) is 8.66. The van der Waals surface area contributed by atoms with Crippen molar-refractivity contribution >= 4 is 17.8 Å². The van der Waals surface area contributed by atoms with Crippen LogP contribution in [-0.2, 0) is 0 Å². The SMILES string of the molecule is COc1cc2c(cc1/C=N/NC(=O)c1ccco1)C(C)CC(C)(C)N2C. The maximum Gasteiger partial charge on any atom is 0.307 e. The van der Waals surface area contributed by atoms with Gasteiger partial charge in [0.25, 0.3) is 0 Å². The Balaban J connectivity index is 1.88. The lowest BCUT2D eigenvalue weighted by atomic mass is 9.80. The number of anilines is 1. The van der Waals surface area contributed by atoms with Gasteiger partial charge >= 0.3 is 5.91 Å². The molecule has 6 nitrogen and oxygen atoms in total. The van der Waals surface area contributed by atoms with Gasteiger partial charge in [-0.05, 0) is 49.9 Å². The fourth-order valence-corrected chi connectivity index (χ4v) is 3.51. The maximum atomic E-state index is 11.9. The van der Waals surface area contributed by atoms with E-state index in [0.717, 1.165) is 17.7 Å².